The Labute approximate surface area is 218 Å². The summed E-state index contributed by atoms with van der Waals surface area (Å²) in [6.07, 6.45) is 5.21. The maximum Gasteiger partial charge on any atom is 0.274 e. The first-order chi connectivity index (χ1) is 17.5. The fraction of sp³-hybridized carbons (Fsp3) is 0.143. The molecule has 2 N–H and O–H groups in total. The predicted octanol–water partition coefficient (Wildman–Crippen LogP) is 5.91. The number of hydrogen-bond acceptors (Lipinski definition) is 4. The fourth-order valence-electron chi connectivity index (χ4n) is 4.61. The number of nitrogens with zero attached hydrogens (tertiary/aromatic N) is 2. The summed E-state index contributed by atoms with van der Waals surface area (Å²) in [5.74, 6) is -0.903. The molecule has 4 aromatic rings. The Morgan fingerprint density at radius 1 is 0.833 bits per heavy atom. The van der Waals surface area contributed by atoms with Gasteiger partial charge in [0.15, 0.2) is 0 Å². The average Bonchev–Trinajstić information content (AvgIpc) is 2.91. The van der Waals surface area contributed by atoms with Crippen molar-refractivity contribution < 1.29 is 9.59 Å². The van der Waals surface area contributed by atoms with Gasteiger partial charge >= 0.3 is 0 Å². The molecule has 1 unspecified atom stereocenters. The number of aryl methyl sites for hydroxylation is 1. The SMILES string of the molecule is O=C(Nc1c(Cl)cccc1Cl)c1cccc(C(=O)NC2CCc3ccccc3[C@H]2c2cccnc2)n1. The summed E-state index contributed by atoms with van der Waals surface area (Å²) in [6, 6.07) is 21.8. The molecule has 2 aromatic carbocycles. The highest BCUT2D eigenvalue weighted by Gasteiger charge is 2.32. The number of hydrogen-bond donors (Lipinski definition) is 2. The number of rotatable bonds is 5. The van der Waals surface area contributed by atoms with Crippen LogP contribution >= 0.6 is 23.2 Å². The molecule has 5 rings (SSSR count). The standard InChI is InChI=1S/C28H22Cl2N4O2/c29-20-9-3-10-21(30)26(20)34-28(36)24-12-4-11-23(32-24)27(35)33-22-14-13-17-6-1-2-8-19(17)25(22)18-7-5-15-31-16-18/h1-12,15-16,22,25H,13-14H2,(H,33,35)(H,34,36)/t22?,25-/m1/s1. The normalized spacial score (nSPS) is 16.6. The summed E-state index contributed by atoms with van der Waals surface area (Å²) in [5.41, 5.74) is 4.01. The first-order valence-electron chi connectivity index (χ1n) is 11.5. The lowest BCUT2D eigenvalue weighted by molar-refractivity contribution is 0.0924. The van der Waals surface area contributed by atoms with E-state index in [2.05, 4.69) is 32.7 Å². The molecule has 0 spiro atoms. The van der Waals surface area contributed by atoms with Crippen molar-refractivity contribution in [1.29, 1.82) is 0 Å². The van der Waals surface area contributed by atoms with Gasteiger partial charge in [-0.2, -0.15) is 0 Å². The van der Waals surface area contributed by atoms with Gasteiger partial charge in [0, 0.05) is 24.4 Å². The monoisotopic (exact) mass is 516 g/mol. The lowest BCUT2D eigenvalue weighted by atomic mass is 9.76. The van der Waals surface area contributed by atoms with Crippen LogP contribution in [0.25, 0.3) is 0 Å². The largest absolute Gasteiger partial charge is 0.347 e. The molecule has 36 heavy (non-hydrogen) atoms. The minimum absolute atomic E-state index is 0.0403. The third-order valence-corrected chi connectivity index (χ3v) is 6.92. The molecule has 2 heterocycles. The van der Waals surface area contributed by atoms with Crippen LogP contribution in [0.3, 0.4) is 0 Å². The number of fused-ring (bicyclic) bond motifs is 1. The molecule has 2 atom stereocenters. The van der Waals surface area contributed by atoms with Crippen LogP contribution < -0.4 is 10.6 Å². The lowest BCUT2D eigenvalue weighted by Crippen LogP contribution is -2.42. The molecule has 0 saturated heterocycles. The van der Waals surface area contributed by atoms with Gasteiger partial charge in [-0.25, -0.2) is 4.98 Å². The van der Waals surface area contributed by atoms with Gasteiger partial charge in [-0.3, -0.25) is 14.6 Å². The molecule has 1 aliphatic rings. The molecule has 8 heteroatoms. The molecule has 1 aliphatic carbocycles. The van der Waals surface area contributed by atoms with Crippen molar-refractivity contribution in [2.75, 3.05) is 5.32 Å². The average molecular weight is 517 g/mol. The van der Waals surface area contributed by atoms with Gasteiger partial charge in [-0.05, 0) is 59.9 Å². The number of pyridine rings is 2. The Kier molecular flexibility index (Phi) is 6.98. The smallest absolute Gasteiger partial charge is 0.274 e. The van der Waals surface area contributed by atoms with E-state index >= 15 is 0 Å². The molecular formula is C28H22Cl2N4O2. The highest BCUT2D eigenvalue weighted by atomic mass is 35.5. The Morgan fingerprint density at radius 3 is 2.31 bits per heavy atom. The molecular weight excluding hydrogens is 495 g/mol. The zero-order chi connectivity index (χ0) is 25.1. The van der Waals surface area contributed by atoms with E-state index in [0.29, 0.717) is 15.7 Å². The summed E-state index contributed by atoms with van der Waals surface area (Å²) in [5, 5.41) is 6.45. The number of aromatic nitrogens is 2. The van der Waals surface area contributed by atoms with Gasteiger partial charge in [0.25, 0.3) is 11.8 Å². The topological polar surface area (TPSA) is 84.0 Å². The molecule has 2 aromatic heterocycles. The lowest BCUT2D eigenvalue weighted by Gasteiger charge is -2.34. The predicted molar refractivity (Wildman–Crippen MR) is 141 cm³/mol. The van der Waals surface area contributed by atoms with E-state index in [4.69, 9.17) is 23.2 Å². The quantitative estimate of drug-likeness (QED) is 0.345. The van der Waals surface area contributed by atoms with Crippen LogP contribution in [-0.2, 0) is 6.42 Å². The van der Waals surface area contributed by atoms with Gasteiger partial charge in [0.05, 0.1) is 15.7 Å². The van der Waals surface area contributed by atoms with E-state index < -0.39 is 5.91 Å². The Balaban J connectivity index is 1.38. The van der Waals surface area contributed by atoms with Crippen LogP contribution in [-0.4, -0.2) is 27.8 Å². The van der Waals surface area contributed by atoms with Gasteiger partial charge in [-0.15, -0.1) is 0 Å². The van der Waals surface area contributed by atoms with E-state index in [1.165, 1.54) is 17.2 Å². The van der Waals surface area contributed by atoms with Crippen LogP contribution in [0, 0.1) is 0 Å². The van der Waals surface area contributed by atoms with Gasteiger partial charge in [0.2, 0.25) is 0 Å². The molecule has 0 radical (unpaired) electrons. The van der Waals surface area contributed by atoms with Crippen molar-refractivity contribution in [2.24, 2.45) is 0 Å². The minimum Gasteiger partial charge on any atom is -0.347 e. The number of carbonyl (C=O) groups excluding carboxylic acids is 2. The van der Waals surface area contributed by atoms with Crippen molar-refractivity contribution in [3.05, 3.63) is 123 Å². The maximum absolute atomic E-state index is 13.3. The highest BCUT2D eigenvalue weighted by molar-refractivity contribution is 6.40. The second-order valence-corrected chi connectivity index (χ2v) is 9.35. The van der Waals surface area contributed by atoms with Crippen molar-refractivity contribution in [1.82, 2.24) is 15.3 Å². The van der Waals surface area contributed by atoms with Crippen LogP contribution in [0.15, 0.2) is 85.2 Å². The summed E-state index contributed by atoms with van der Waals surface area (Å²) >= 11 is 12.3. The zero-order valence-corrected chi connectivity index (χ0v) is 20.6. The first kappa shape index (κ1) is 24.0. The second-order valence-electron chi connectivity index (χ2n) is 8.54. The molecule has 0 saturated carbocycles. The van der Waals surface area contributed by atoms with E-state index in [-0.39, 0.29) is 29.3 Å². The minimum atomic E-state index is -0.514. The van der Waals surface area contributed by atoms with Gasteiger partial charge in [-0.1, -0.05) is 65.7 Å². The number of nitrogens with one attached hydrogen (secondary N) is 2. The molecule has 6 nitrogen and oxygen atoms in total. The van der Waals surface area contributed by atoms with Crippen molar-refractivity contribution >= 4 is 40.7 Å². The van der Waals surface area contributed by atoms with E-state index in [0.717, 1.165) is 18.4 Å². The van der Waals surface area contributed by atoms with Gasteiger partial charge < -0.3 is 10.6 Å². The Morgan fingerprint density at radius 2 is 1.56 bits per heavy atom. The molecule has 180 valence electrons. The summed E-state index contributed by atoms with van der Waals surface area (Å²) in [4.78, 5) is 34.7. The summed E-state index contributed by atoms with van der Waals surface area (Å²) in [7, 11) is 0. The Bertz CT molecular complexity index is 1410. The third-order valence-electron chi connectivity index (χ3n) is 6.29. The van der Waals surface area contributed by atoms with Gasteiger partial charge in [0.1, 0.15) is 11.4 Å². The number of benzene rings is 2. The summed E-state index contributed by atoms with van der Waals surface area (Å²) < 4.78 is 0. The van der Waals surface area contributed by atoms with Crippen LogP contribution in [0.1, 0.15) is 50.0 Å². The van der Waals surface area contributed by atoms with Crippen LogP contribution in [0.5, 0.6) is 0 Å². The number of anilines is 1. The van der Waals surface area contributed by atoms with E-state index in [9.17, 15) is 9.59 Å². The second kappa shape index (κ2) is 10.5. The number of carbonyl (C=O) groups is 2. The van der Waals surface area contributed by atoms with E-state index in [1.54, 1.807) is 36.5 Å². The van der Waals surface area contributed by atoms with Crippen molar-refractivity contribution in [3.8, 4) is 0 Å². The number of amides is 2. The summed E-state index contributed by atoms with van der Waals surface area (Å²) in [6.45, 7) is 0. The highest BCUT2D eigenvalue weighted by Crippen LogP contribution is 2.36. The number of para-hydroxylation sites is 1. The maximum atomic E-state index is 13.3. The molecule has 0 aliphatic heterocycles. The zero-order valence-electron chi connectivity index (χ0n) is 19.1. The third kappa shape index (κ3) is 4.96. The molecule has 0 fully saturated rings. The fourth-order valence-corrected chi connectivity index (χ4v) is 5.10. The van der Waals surface area contributed by atoms with Crippen molar-refractivity contribution in [3.63, 3.8) is 0 Å². The van der Waals surface area contributed by atoms with Crippen LogP contribution in [0.2, 0.25) is 10.0 Å². The molecule has 2 amide bonds. The first-order valence-corrected chi connectivity index (χ1v) is 12.3. The van der Waals surface area contributed by atoms with Crippen molar-refractivity contribution in [2.45, 2.75) is 24.8 Å². The van der Waals surface area contributed by atoms with E-state index in [1.807, 2.05) is 30.5 Å². The number of halogens is 2. The Hall–Kier alpha value is -3.74. The van der Waals surface area contributed by atoms with Crippen LogP contribution in [0.4, 0.5) is 5.69 Å². The molecule has 0 bridgehead atoms.